The monoisotopic (exact) mass is 294 g/mol. The summed E-state index contributed by atoms with van der Waals surface area (Å²) in [4.78, 5) is 12.2. The normalized spacial score (nSPS) is 15.5. The van der Waals surface area contributed by atoms with Crippen LogP contribution in [-0.4, -0.2) is 20.0 Å². The number of allylic oxidation sites excluding steroid dienone is 1. The van der Waals surface area contributed by atoms with E-state index in [4.69, 9.17) is 9.47 Å². The average Bonchev–Trinajstić information content (AvgIpc) is 2.55. The van der Waals surface area contributed by atoms with E-state index in [1.54, 1.807) is 14.2 Å². The van der Waals surface area contributed by atoms with E-state index < -0.39 is 0 Å². The molecule has 0 atom stereocenters. The van der Waals surface area contributed by atoms with Crippen molar-refractivity contribution >= 4 is 11.9 Å². The Kier molecular flexibility index (Phi) is 3.96. The molecule has 0 amide bonds. The lowest BCUT2D eigenvalue weighted by Crippen LogP contribution is -2.12. The number of hydrogen-bond acceptors (Lipinski definition) is 3. The molecular weight excluding hydrogens is 276 g/mol. The summed E-state index contributed by atoms with van der Waals surface area (Å²) in [5, 5.41) is 0. The third-order valence-corrected chi connectivity index (χ3v) is 3.92. The molecule has 0 radical (unpaired) electrons. The number of fused-ring (bicyclic) bond motifs is 1. The van der Waals surface area contributed by atoms with Crippen LogP contribution in [0.4, 0.5) is 0 Å². The number of rotatable bonds is 3. The molecule has 3 heteroatoms. The highest BCUT2D eigenvalue weighted by Gasteiger charge is 2.20. The summed E-state index contributed by atoms with van der Waals surface area (Å²) in [6, 6.07) is 13.5. The average molecular weight is 294 g/mol. The molecular formula is C19H18O3. The number of ketones is 1. The minimum atomic E-state index is 0.181. The molecule has 3 nitrogen and oxygen atoms in total. The van der Waals surface area contributed by atoms with Crippen molar-refractivity contribution in [1.29, 1.82) is 0 Å². The minimum absolute atomic E-state index is 0.181. The first kappa shape index (κ1) is 14.4. The van der Waals surface area contributed by atoms with Crippen LogP contribution in [-0.2, 0) is 6.42 Å². The van der Waals surface area contributed by atoms with Gasteiger partial charge in [0.05, 0.1) is 14.2 Å². The quantitative estimate of drug-likeness (QED) is 0.860. The molecule has 0 saturated heterocycles. The minimum Gasteiger partial charge on any atom is -0.497 e. The van der Waals surface area contributed by atoms with Crippen molar-refractivity contribution in [3.8, 4) is 11.5 Å². The second-order valence-corrected chi connectivity index (χ2v) is 5.34. The van der Waals surface area contributed by atoms with Gasteiger partial charge in [0, 0.05) is 23.6 Å². The van der Waals surface area contributed by atoms with E-state index in [0.29, 0.717) is 6.42 Å². The van der Waals surface area contributed by atoms with Gasteiger partial charge in [-0.15, -0.1) is 0 Å². The smallest absolute Gasteiger partial charge is 0.167 e. The lowest BCUT2D eigenvalue weighted by molar-refractivity contribution is 0.0987. The topological polar surface area (TPSA) is 35.5 Å². The predicted octanol–water partition coefficient (Wildman–Crippen LogP) is 3.92. The van der Waals surface area contributed by atoms with Crippen LogP contribution >= 0.6 is 0 Å². The van der Waals surface area contributed by atoms with Crippen LogP contribution in [0.3, 0.4) is 0 Å². The Morgan fingerprint density at radius 2 is 1.82 bits per heavy atom. The van der Waals surface area contributed by atoms with Crippen molar-refractivity contribution in [2.75, 3.05) is 14.2 Å². The zero-order chi connectivity index (χ0) is 15.5. The van der Waals surface area contributed by atoms with Crippen molar-refractivity contribution in [3.63, 3.8) is 0 Å². The van der Waals surface area contributed by atoms with Crippen LogP contribution in [0.25, 0.3) is 6.08 Å². The molecule has 0 spiro atoms. The molecule has 0 saturated carbocycles. The number of Topliss-reactive ketones (excluding diaryl/α,β-unsaturated/α-hetero) is 1. The SMILES string of the molecule is COc1ccc(/C=C2\CC(=O)c3ccccc3C2)c(OC)c1. The molecule has 1 aliphatic carbocycles. The Hall–Kier alpha value is -2.55. The molecule has 0 heterocycles. The third kappa shape index (κ3) is 2.75. The Morgan fingerprint density at radius 3 is 2.59 bits per heavy atom. The van der Waals surface area contributed by atoms with Gasteiger partial charge in [-0.2, -0.15) is 0 Å². The lowest BCUT2D eigenvalue weighted by Gasteiger charge is -2.18. The van der Waals surface area contributed by atoms with Crippen molar-refractivity contribution in [3.05, 3.63) is 64.7 Å². The Labute approximate surface area is 130 Å². The van der Waals surface area contributed by atoms with Crippen molar-refractivity contribution in [1.82, 2.24) is 0 Å². The van der Waals surface area contributed by atoms with Crippen LogP contribution in [0.5, 0.6) is 11.5 Å². The van der Waals surface area contributed by atoms with Gasteiger partial charge in [0.2, 0.25) is 0 Å². The summed E-state index contributed by atoms with van der Waals surface area (Å²) in [6.45, 7) is 0. The Balaban J connectivity index is 1.95. The standard InChI is InChI=1S/C19H18O3/c1-21-16-8-7-15(19(12-16)22-2)10-13-9-14-5-3-4-6-17(14)18(20)11-13/h3-8,10,12H,9,11H2,1-2H3/b13-10-. The van der Waals surface area contributed by atoms with Gasteiger partial charge in [-0.25, -0.2) is 0 Å². The van der Waals surface area contributed by atoms with E-state index in [1.165, 1.54) is 0 Å². The van der Waals surface area contributed by atoms with Gasteiger partial charge in [-0.05, 0) is 24.1 Å². The molecule has 0 fully saturated rings. The summed E-state index contributed by atoms with van der Waals surface area (Å²) in [7, 11) is 3.27. The fourth-order valence-corrected chi connectivity index (χ4v) is 2.81. The van der Waals surface area contributed by atoms with Crippen LogP contribution in [0.15, 0.2) is 48.0 Å². The zero-order valence-corrected chi connectivity index (χ0v) is 12.8. The molecule has 2 aromatic carbocycles. The van der Waals surface area contributed by atoms with Crippen molar-refractivity contribution in [2.24, 2.45) is 0 Å². The molecule has 2 aromatic rings. The van der Waals surface area contributed by atoms with Crippen LogP contribution in [0.2, 0.25) is 0 Å². The molecule has 0 aromatic heterocycles. The first-order valence-electron chi connectivity index (χ1n) is 7.24. The second kappa shape index (κ2) is 6.06. The van der Waals surface area contributed by atoms with Gasteiger partial charge in [0.15, 0.2) is 5.78 Å². The molecule has 0 N–H and O–H groups in total. The van der Waals surface area contributed by atoms with Gasteiger partial charge in [-0.3, -0.25) is 4.79 Å². The Bertz CT molecular complexity index is 744. The number of carbonyl (C=O) groups is 1. The molecule has 3 rings (SSSR count). The maximum Gasteiger partial charge on any atom is 0.167 e. The predicted molar refractivity (Wildman–Crippen MR) is 86.6 cm³/mol. The van der Waals surface area contributed by atoms with Gasteiger partial charge in [-0.1, -0.05) is 35.9 Å². The summed E-state index contributed by atoms with van der Waals surface area (Å²) in [5.41, 5.74) is 4.01. The van der Waals surface area contributed by atoms with Crippen LogP contribution in [0.1, 0.15) is 27.9 Å². The molecule has 22 heavy (non-hydrogen) atoms. The highest BCUT2D eigenvalue weighted by Crippen LogP contribution is 2.30. The number of benzene rings is 2. The summed E-state index contributed by atoms with van der Waals surface area (Å²) in [6.07, 6.45) is 3.31. The fraction of sp³-hybridized carbons (Fsp3) is 0.211. The van der Waals surface area contributed by atoms with Gasteiger partial charge < -0.3 is 9.47 Å². The summed E-state index contributed by atoms with van der Waals surface area (Å²) >= 11 is 0. The molecule has 0 unspecified atom stereocenters. The van der Waals surface area contributed by atoms with E-state index in [-0.39, 0.29) is 5.78 Å². The Morgan fingerprint density at radius 1 is 1.00 bits per heavy atom. The maximum atomic E-state index is 12.2. The number of ether oxygens (including phenoxy) is 2. The first-order chi connectivity index (χ1) is 10.7. The molecule has 112 valence electrons. The van der Waals surface area contributed by atoms with Crippen molar-refractivity contribution < 1.29 is 14.3 Å². The second-order valence-electron chi connectivity index (χ2n) is 5.34. The maximum absolute atomic E-state index is 12.2. The summed E-state index contributed by atoms with van der Waals surface area (Å²) < 4.78 is 10.6. The van der Waals surface area contributed by atoms with Gasteiger partial charge >= 0.3 is 0 Å². The van der Waals surface area contributed by atoms with Crippen molar-refractivity contribution in [2.45, 2.75) is 12.8 Å². The highest BCUT2D eigenvalue weighted by molar-refractivity contribution is 6.01. The number of hydrogen-bond donors (Lipinski definition) is 0. The number of carbonyl (C=O) groups excluding carboxylic acids is 1. The van der Waals surface area contributed by atoms with Crippen LogP contribution < -0.4 is 9.47 Å². The lowest BCUT2D eigenvalue weighted by atomic mass is 9.86. The van der Waals surface area contributed by atoms with Crippen LogP contribution in [0, 0.1) is 0 Å². The first-order valence-corrected chi connectivity index (χ1v) is 7.24. The van der Waals surface area contributed by atoms with E-state index in [1.807, 2.05) is 48.5 Å². The summed E-state index contributed by atoms with van der Waals surface area (Å²) in [5.74, 6) is 1.68. The highest BCUT2D eigenvalue weighted by atomic mass is 16.5. The largest absolute Gasteiger partial charge is 0.497 e. The van der Waals surface area contributed by atoms with E-state index in [2.05, 4.69) is 0 Å². The molecule has 0 bridgehead atoms. The zero-order valence-electron chi connectivity index (χ0n) is 12.8. The van der Waals surface area contributed by atoms with E-state index >= 15 is 0 Å². The van der Waals surface area contributed by atoms with Gasteiger partial charge in [0.25, 0.3) is 0 Å². The van der Waals surface area contributed by atoms with Gasteiger partial charge in [0.1, 0.15) is 11.5 Å². The van der Waals surface area contributed by atoms with E-state index in [0.717, 1.165) is 40.2 Å². The molecule has 0 aliphatic heterocycles. The van der Waals surface area contributed by atoms with E-state index in [9.17, 15) is 4.79 Å². The third-order valence-electron chi connectivity index (χ3n) is 3.92. The molecule has 1 aliphatic rings. The fourth-order valence-electron chi connectivity index (χ4n) is 2.81. The number of methoxy groups -OCH3 is 2.